The predicted molar refractivity (Wildman–Crippen MR) is 79.1 cm³/mol. The smallest absolute Gasteiger partial charge is 0.126 e. The van der Waals surface area contributed by atoms with Crippen LogP contribution in [0.3, 0.4) is 0 Å². The lowest BCUT2D eigenvalue weighted by Gasteiger charge is -2.12. The normalized spacial score (nSPS) is 10.9. The Morgan fingerprint density at radius 3 is 2.44 bits per heavy atom. The fourth-order valence-corrected chi connectivity index (χ4v) is 1.76. The number of nitrogens with zero attached hydrogens (tertiary/aromatic N) is 1. The van der Waals surface area contributed by atoms with E-state index in [4.69, 9.17) is 0 Å². The Labute approximate surface area is 111 Å². The summed E-state index contributed by atoms with van der Waals surface area (Å²) in [7, 11) is 0. The van der Waals surface area contributed by atoms with Crippen molar-refractivity contribution >= 4 is 5.82 Å². The molecule has 2 N–H and O–H groups in total. The van der Waals surface area contributed by atoms with E-state index in [1.54, 1.807) is 0 Å². The molecule has 1 aromatic rings. The minimum atomic E-state index is 0.471. The second-order valence-electron chi connectivity index (χ2n) is 5.04. The Kier molecular flexibility index (Phi) is 6.73. The second kappa shape index (κ2) is 8.09. The third kappa shape index (κ3) is 5.05. The molecule has 18 heavy (non-hydrogen) atoms. The molecule has 0 atom stereocenters. The molecule has 0 unspecified atom stereocenters. The molecule has 0 radical (unpaired) electrons. The van der Waals surface area contributed by atoms with Crippen molar-refractivity contribution in [3.63, 3.8) is 0 Å². The molecule has 0 bridgehead atoms. The number of anilines is 1. The summed E-state index contributed by atoms with van der Waals surface area (Å²) in [6, 6.07) is 4.37. The van der Waals surface area contributed by atoms with Crippen molar-refractivity contribution in [1.82, 2.24) is 10.3 Å². The second-order valence-corrected chi connectivity index (χ2v) is 5.04. The number of nitrogens with one attached hydrogen (secondary N) is 2. The van der Waals surface area contributed by atoms with Crippen LogP contribution in [0, 0.1) is 0 Å². The zero-order valence-electron chi connectivity index (χ0n) is 12.2. The number of hydrogen-bond donors (Lipinski definition) is 2. The molecule has 1 aromatic heterocycles. The summed E-state index contributed by atoms with van der Waals surface area (Å²) in [5.41, 5.74) is 2.49. The molecule has 0 amide bonds. The maximum Gasteiger partial charge on any atom is 0.126 e. The Morgan fingerprint density at radius 2 is 1.83 bits per heavy atom. The van der Waals surface area contributed by atoms with E-state index in [9.17, 15) is 0 Å². The zero-order chi connectivity index (χ0) is 13.4. The minimum absolute atomic E-state index is 0.471. The molecule has 0 aliphatic rings. The van der Waals surface area contributed by atoms with Gasteiger partial charge in [-0.05, 0) is 43.0 Å². The Balaban J connectivity index is 2.77. The molecule has 0 saturated heterocycles. The minimum Gasteiger partial charge on any atom is -0.370 e. The quantitative estimate of drug-likeness (QED) is 0.692. The average Bonchev–Trinajstić information content (AvgIpc) is 2.36. The highest BCUT2D eigenvalue weighted by molar-refractivity contribution is 5.40. The first kappa shape index (κ1) is 15.0. The highest BCUT2D eigenvalue weighted by Gasteiger charge is 2.05. The fraction of sp³-hybridized carbons (Fsp3) is 0.667. The van der Waals surface area contributed by atoms with Crippen molar-refractivity contribution in [3.05, 3.63) is 23.4 Å². The summed E-state index contributed by atoms with van der Waals surface area (Å²) in [6.07, 6.45) is 2.29. The van der Waals surface area contributed by atoms with E-state index < -0.39 is 0 Å². The van der Waals surface area contributed by atoms with Crippen LogP contribution in [-0.2, 0) is 6.54 Å². The van der Waals surface area contributed by atoms with E-state index in [0.717, 1.165) is 31.9 Å². The van der Waals surface area contributed by atoms with Crippen LogP contribution in [-0.4, -0.2) is 18.1 Å². The van der Waals surface area contributed by atoms with E-state index in [1.165, 1.54) is 17.7 Å². The molecule has 102 valence electrons. The Hall–Kier alpha value is -1.09. The van der Waals surface area contributed by atoms with Gasteiger partial charge in [0.25, 0.3) is 0 Å². The predicted octanol–water partition coefficient (Wildman–Crippen LogP) is 3.53. The van der Waals surface area contributed by atoms with Crippen molar-refractivity contribution in [2.24, 2.45) is 0 Å². The lowest BCUT2D eigenvalue weighted by atomic mass is 10.1. The van der Waals surface area contributed by atoms with Crippen LogP contribution in [0.15, 0.2) is 12.1 Å². The number of aromatic nitrogens is 1. The largest absolute Gasteiger partial charge is 0.370 e. The topological polar surface area (TPSA) is 37.0 Å². The van der Waals surface area contributed by atoms with E-state index in [0.29, 0.717) is 5.92 Å². The molecule has 1 rings (SSSR count). The van der Waals surface area contributed by atoms with Gasteiger partial charge < -0.3 is 10.6 Å². The first-order valence-electron chi connectivity index (χ1n) is 7.12. The van der Waals surface area contributed by atoms with Gasteiger partial charge in [0.1, 0.15) is 5.82 Å². The summed E-state index contributed by atoms with van der Waals surface area (Å²) in [4.78, 5) is 4.66. The zero-order valence-corrected chi connectivity index (χ0v) is 12.2. The van der Waals surface area contributed by atoms with Crippen molar-refractivity contribution in [3.8, 4) is 0 Å². The summed E-state index contributed by atoms with van der Waals surface area (Å²) < 4.78 is 0. The monoisotopic (exact) mass is 249 g/mol. The SMILES string of the molecule is CCCNCc1cc(NCCC)nc(C(C)C)c1. The maximum atomic E-state index is 4.66. The number of rotatable bonds is 8. The summed E-state index contributed by atoms with van der Waals surface area (Å²) in [5.74, 6) is 1.48. The van der Waals surface area contributed by atoms with Crippen LogP contribution >= 0.6 is 0 Å². The van der Waals surface area contributed by atoms with Crippen LogP contribution in [0.5, 0.6) is 0 Å². The summed E-state index contributed by atoms with van der Waals surface area (Å²) in [5, 5.41) is 6.83. The van der Waals surface area contributed by atoms with Gasteiger partial charge in [-0.25, -0.2) is 4.98 Å². The van der Waals surface area contributed by atoms with Crippen LogP contribution < -0.4 is 10.6 Å². The van der Waals surface area contributed by atoms with Crippen molar-refractivity contribution in [2.75, 3.05) is 18.4 Å². The summed E-state index contributed by atoms with van der Waals surface area (Å²) in [6.45, 7) is 11.7. The van der Waals surface area contributed by atoms with Crippen LogP contribution in [0.25, 0.3) is 0 Å². The van der Waals surface area contributed by atoms with Gasteiger partial charge in [-0.15, -0.1) is 0 Å². The fourth-order valence-electron chi connectivity index (χ4n) is 1.76. The molecule has 0 fully saturated rings. The van der Waals surface area contributed by atoms with Gasteiger partial charge in [0, 0.05) is 18.8 Å². The lowest BCUT2D eigenvalue weighted by molar-refractivity contribution is 0.672. The number of pyridine rings is 1. The van der Waals surface area contributed by atoms with Gasteiger partial charge in [0.15, 0.2) is 0 Å². The molecular formula is C15H27N3. The third-order valence-corrected chi connectivity index (χ3v) is 2.81. The van der Waals surface area contributed by atoms with Gasteiger partial charge >= 0.3 is 0 Å². The maximum absolute atomic E-state index is 4.66. The molecule has 3 heteroatoms. The first-order chi connectivity index (χ1) is 8.67. The van der Waals surface area contributed by atoms with E-state index >= 15 is 0 Å². The molecule has 0 spiro atoms. The third-order valence-electron chi connectivity index (χ3n) is 2.81. The van der Waals surface area contributed by atoms with Gasteiger partial charge in [-0.3, -0.25) is 0 Å². The van der Waals surface area contributed by atoms with Gasteiger partial charge in [-0.1, -0.05) is 27.7 Å². The van der Waals surface area contributed by atoms with E-state index in [2.05, 4.69) is 55.4 Å². The molecule has 1 heterocycles. The summed E-state index contributed by atoms with van der Waals surface area (Å²) >= 11 is 0. The van der Waals surface area contributed by atoms with Crippen LogP contribution in [0.1, 0.15) is 57.7 Å². The molecule has 0 saturated carbocycles. The Morgan fingerprint density at radius 1 is 1.11 bits per heavy atom. The van der Waals surface area contributed by atoms with Gasteiger partial charge in [0.05, 0.1) is 0 Å². The van der Waals surface area contributed by atoms with Crippen molar-refractivity contribution in [1.29, 1.82) is 0 Å². The van der Waals surface area contributed by atoms with E-state index in [-0.39, 0.29) is 0 Å². The molecule has 0 aromatic carbocycles. The first-order valence-corrected chi connectivity index (χ1v) is 7.12. The van der Waals surface area contributed by atoms with E-state index in [1.807, 2.05) is 0 Å². The van der Waals surface area contributed by atoms with Crippen LogP contribution in [0.2, 0.25) is 0 Å². The van der Waals surface area contributed by atoms with Gasteiger partial charge in [0.2, 0.25) is 0 Å². The van der Waals surface area contributed by atoms with Gasteiger partial charge in [-0.2, -0.15) is 0 Å². The standard InChI is InChI=1S/C15H27N3/c1-5-7-16-11-13-9-14(12(3)4)18-15(10-13)17-8-6-2/h9-10,12,16H,5-8,11H2,1-4H3,(H,17,18). The van der Waals surface area contributed by atoms with Crippen LogP contribution in [0.4, 0.5) is 5.82 Å². The molecule has 3 nitrogen and oxygen atoms in total. The van der Waals surface area contributed by atoms with Crippen molar-refractivity contribution in [2.45, 2.75) is 53.0 Å². The Bertz CT molecular complexity index is 348. The highest BCUT2D eigenvalue weighted by atomic mass is 15.0. The molecule has 0 aliphatic heterocycles. The molecular weight excluding hydrogens is 222 g/mol. The average molecular weight is 249 g/mol. The highest BCUT2D eigenvalue weighted by Crippen LogP contribution is 2.17. The lowest BCUT2D eigenvalue weighted by Crippen LogP contribution is -2.15. The van der Waals surface area contributed by atoms with Crippen molar-refractivity contribution < 1.29 is 0 Å². The molecule has 0 aliphatic carbocycles. The number of hydrogen-bond acceptors (Lipinski definition) is 3.